The highest BCUT2D eigenvalue weighted by atomic mass is 79.9. The van der Waals surface area contributed by atoms with Crippen molar-refractivity contribution < 1.29 is 14.7 Å². The van der Waals surface area contributed by atoms with Crippen molar-refractivity contribution in [2.45, 2.75) is 32.2 Å². The number of carboxylic acid groups (broad SMARTS) is 1. The number of amides is 1. The van der Waals surface area contributed by atoms with Crippen LogP contribution in [0.2, 0.25) is 0 Å². The maximum Gasteiger partial charge on any atom is 0.303 e. The molecular weight excluding hydrogens is 378 g/mol. The Morgan fingerprint density at radius 3 is 2.53 bits per heavy atom. The molecule has 0 saturated heterocycles. The van der Waals surface area contributed by atoms with Crippen LogP contribution in [0.4, 0.5) is 0 Å². The number of nitrogens with one attached hydrogen (secondary N) is 1. The zero-order valence-corrected chi connectivity index (χ0v) is 13.8. The number of hydrogen-bond acceptors (Lipinski definition) is 2. The first kappa shape index (κ1) is 16.2. The van der Waals surface area contributed by atoms with Crippen molar-refractivity contribution >= 4 is 43.7 Å². The monoisotopic (exact) mass is 391 g/mol. The van der Waals surface area contributed by atoms with Gasteiger partial charge in [0.05, 0.1) is 5.56 Å². The Hall–Kier alpha value is -0.880. The Kier molecular flexibility index (Phi) is 5.55. The molecule has 0 spiro atoms. The van der Waals surface area contributed by atoms with Crippen LogP contribution >= 0.6 is 31.9 Å². The Morgan fingerprint density at radius 2 is 1.95 bits per heavy atom. The summed E-state index contributed by atoms with van der Waals surface area (Å²) in [6, 6.07) is 5.33. The highest BCUT2D eigenvalue weighted by molar-refractivity contribution is 9.11. The lowest BCUT2D eigenvalue weighted by Crippen LogP contribution is -2.43. The quantitative estimate of drug-likeness (QED) is 0.804. The van der Waals surface area contributed by atoms with E-state index in [1.807, 2.05) is 6.07 Å². The molecule has 1 aromatic carbocycles. The van der Waals surface area contributed by atoms with Crippen molar-refractivity contribution in [3.8, 4) is 0 Å². The van der Waals surface area contributed by atoms with Crippen LogP contribution in [0.25, 0.3) is 0 Å². The maximum atomic E-state index is 12.2. The highest BCUT2D eigenvalue weighted by Gasteiger charge is 2.23. The van der Waals surface area contributed by atoms with Gasteiger partial charge >= 0.3 is 5.97 Å². The van der Waals surface area contributed by atoms with Crippen LogP contribution < -0.4 is 5.32 Å². The summed E-state index contributed by atoms with van der Waals surface area (Å²) in [7, 11) is 0. The van der Waals surface area contributed by atoms with E-state index in [9.17, 15) is 9.59 Å². The summed E-state index contributed by atoms with van der Waals surface area (Å²) < 4.78 is 1.51. The van der Waals surface area contributed by atoms with Gasteiger partial charge in [0.15, 0.2) is 0 Å². The number of hydrogen-bond donors (Lipinski definition) is 2. The van der Waals surface area contributed by atoms with E-state index in [4.69, 9.17) is 5.11 Å². The standard InChI is InChI=1S/C13H15Br2NO3/c1-13(2,6-5-11(17)18)16-12(19)9-7-8(14)3-4-10(9)15/h3-4,7H,5-6H2,1-2H3,(H,16,19)(H,17,18). The molecule has 2 N–H and O–H groups in total. The lowest BCUT2D eigenvalue weighted by Gasteiger charge is -2.26. The van der Waals surface area contributed by atoms with Gasteiger partial charge in [-0.05, 0) is 54.4 Å². The molecule has 0 radical (unpaired) electrons. The van der Waals surface area contributed by atoms with Crippen molar-refractivity contribution in [3.63, 3.8) is 0 Å². The number of halogens is 2. The fourth-order valence-electron chi connectivity index (χ4n) is 1.53. The average Bonchev–Trinajstić information content (AvgIpc) is 2.29. The molecule has 0 unspecified atom stereocenters. The normalized spacial score (nSPS) is 11.2. The second-order valence-corrected chi connectivity index (χ2v) is 6.63. The third-order valence-corrected chi connectivity index (χ3v) is 3.77. The Balaban J connectivity index is 2.78. The topological polar surface area (TPSA) is 66.4 Å². The molecule has 0 aliphatic heterocycles. The summed E-state index contributed by atoms with van der Waals surface area (Å²) in [6.07, 6.45) is 0.395. The second-order valence-electron chi connectivity index (χ2n) is 4.86. The lowest BCUT2D eigenvalue weighted by molar-refractivity contribution is -0.137. The van der Waals surface area contributed by atoms with E-state index in [1.165, 1.54) is 0 Å². The summed E-state index contributed by atoms with van der Waals surface area (Å²) in [5.41, 5.74) is -0.0604. The SMILES string of the molecule is CC(C)(CCC(=O)O)NC(=O)c1cc(Br)ccc1Br. The molecule has 0 saturated carbocycles. The van der Waals surface area contributed by atoms with Crippen LogP contribution in [0.1, 0.15) is 37.0 Å². The van der Waals surface area contributed by atoms with E-state index in [0.717, 1.165) is 4.47 Å². The van der Waals surface area contributed by atoms with Gasteiger partial charge in [-0.15, -0.1) is 0 Å². The zero-order chi connectivity index (χ0) is 14.6. The van der Waals surface area contributed by atoms with Gasteiger partial charge in [-0.3, -0.25) is 9.59 Å². The largest absolute Gasteiger partial charge is 0.481 e. The minimum atomic E-state index is -0.869. The van der Waals surface area contributed by atoms with Crippen LogP contribution in [-0.4, -0.2) is 22.5 Å². The Labute approximate surface area is 128 Å². The van der Waals surface area contributed by atoms with Crippen LogP contribution in [0.3, 0.4) is 0 Å². The number of benzene rings is 1. The number of carboxylic acids is 1. The summed E-state index contributed by atoms with van der Waals surface area (Å²) in [5, 5.41) is 11.5. The summed E-state index contributed by atoms with van der Waals surface area (Å²) in [5.74, 6) is -1.10. The molecule has 0 bridgehead atoms. The number of carbonyl (C=O) groups excluding carboxylic acids is 1. The summed E-state index contributed by atoms with van der Waals surface area (Å²) in [4.78, 5) is 22.7. The molecule has 0 aliphatic carbocycles. The fourth-order valence-corrected chi connectivity index (χ4v) is 2.32. The molecule has 0 aromatic heterocycles. The van der Waals surface area contributed by atoms with Crippen molar-refractivity contribution in [3.05, 3.63) is 32.7 Å². The van der Waals surface area contributed by atoms with Gasteiger partial charge in [0.2, 0.25) is 0 Å². The first-order valence-electron chi connectivity index (χ1n) is 5.70. The molecule has 6 heteroatoms. The smallest absolute Gasteiger partial charge is 0.303 e. The zero-order valence-electron chi connectivity index (χ0n) is 10.7. The number of aliphatic carboxylic acids is 1. The predicted molar refractivity (Wildman–Crippen MR) is 80.3 cm³/mol. The third-order valence-electron chi connectivity index (χ3n) is 2.59. The lowest BCUT2D eigenvalue weighted by atomic mass is 9.98. The van der Waals surface area contributed by atoms with Crippen molar-refractivity contribution in [2.24, 2.45) is 0 Å². The molecule has 0 atom stereocenters. The van der Waals surface area contributed by atoms with Gasteiger partial charge < -0.3 is 10.4 Å². The maximum absolute atomic E-state index is 12.2. The summed E-state index contributed by atoms with van der Waals surface area (Å²) in [6.45, 7) is 3.61. The fraction of sp³-hybridized carbons (Fsp3) is 0.385. The minimum absolute atomic E-state index is 0.0208. The van der Waals surface area contributed by atoms with Gasteiger partial charge in [-0.1, -0.05) is 15.9 Å². The molecule has 0 aliphatic rings. The van der Waals surface area contributed by atoms with Crippen LogP contribution in [-0.2, 0) is 4.79 Å². The van der Waals surface area contributed by atoms with Crippen molar-refractivity contribution in [1.82, 2.24) is 5.32 Å². The average molecular weight is 393 g/mol. The van der Waals surface area contributed by atoms with Crippen molar-refractivity contribution in [2.75, 3.05) is 0 Å². The number of rotatable bonds is 5. The molecular formula is C13H15Br2NO3. The molecule has 0 heterocycles. The van der Waals surface area contributed by atoms with E-state index in [1.54, 1.807) is 26.0 Å². The molecule has 4 nitrogen and oxygen atoms in total. The molecule has 1 rings (SSSR count). The van der Waals surface area contributed by atoms with Gasteiger partial charge in [0, 0.05) is 20.9 Å². The van der Waals surface area contributed by atoms with Crippen LogP contribution in [0.15, 0.2) is 27.1 Å². The molecule has 0 fully saturated rings. The molecule has 1 aromatic rings. The highest BCUT2D eigenvalue weighted by Crippen LogP contribution is 2.22. The Bertz CT molecular complexity index is 501. The van der Waals surface area contributed by atoms with E-state index >= 15 is 0 Å². The van der Waals surface area contributed by atoms with Gasteiger partial charge in [-0.25, -0.2) is 0 Å². The third kappa shape index (κ3) is 5.32. The predicted octanol–water partition coefficient (Wildman–Crippen LogP) is 3.58. The van der Waals surface area contributed by atoms with Gasteiger partial charge in [0.1, 0.15) is 0 Å². The first-order chi connectivity index (χ1) is 8.71. The van der Waals surface area contributed by atoms with Crippen molar-refractivity contribution in [1.29, 1.82) is 0 Å². The molecule has 1 amide bonds. The number of carbonyl (C=O) groups is 2. The van der Waals surface area contributed by atoms with Gasteiger partial charge in [-0.2, -0.15) is 0 Å². The Morgan fingerprint density at radius 1 is 1.32 bits per heavy atom. The first-order valence-corrected chi connectivity index (χ1v) is 7.29. The van der Waals surface area contributed by atoms with E-state index < -0.39 is 11.5 Å². The van der Waals surface area contributed by atoms with E-state index in [2.05, 4.69) is 37.2 Å². The minimum Gasteiger partial charge on any atom is -0.481 e. The van der Waals surface area contributed by atoms with Gasteiger partial charge in [0.25, 0.3) is 5.91 Å². The second kappa shape index (κ2) is 6.52. The summed E-state index contributed by atoms with van der Waals surface area (Å²) >= 11 is 6.64. The van der Waals surface area contributed by atoms with Crippen LogP contribution in [0.5, 0.6) is 0 Å². The van der Waals surface area contributed by atoms with Crippen LogP contribution in [0, 0.1) is 0 Å². The van der Waals surface area contributed by atoms with E-state index in [0.29, 0.717) is 16.5 Å². The van der Waals surface area contributed by atoms with E-state index in [-0.39, 0.29) is 12.3 Å². The molecule has 19 heavy (non-hydrogen) atoms. The molecule has 104 valence electrons.